The highest BCUT2D eigenvalue weighted by Crippen LogP contribution is 2.38. The molecule has 0 N–H and O–H groups in total. The second-order valence-corrected chi connectivity index (χ2v) is 5.78. The average Bonchev–Trinajstić information content (AvgIpc) is 3.15. The van der Waals surface area contributed by atoms with Crippen LogP contribution in [0, 0.1) is 0 Å². The number of aromatic nitrogens is 3. The molecule has 1 saturated heterocycles. The van der Waals surface area contributed by atoms with Gasteiger partial charge in [0, 0.05) is 25.0 Å². The third kappa shape index (κ3) is 2.89. The maximum atomic E-state index is 12.1. The summed E-state index contributed by atoms with van der Waals surface area (Å²) >= 11 is 0. The molecule has 1 aliphatic rings. The highest BCUT2D eigenvalue weighted by Gasteiger charge is 2.39. The summed E-state index contributed by atoms with van der Waals surface area (Å²) in [7, 11) is 1.76. The summed E-state index contributed by atoms with van der Waals surface area (Å²) < 4.78 is 11.2. The van der Waals surface area contributed by atoms with E-state index in [4.69, 9.17) is 9.26 Å². The first-order valence-corrected chi connectivity index (χ1v) is 7.90. The SMILES string of the molecule is CN1C(=O)COC(c2nc(-c3ccncc3)no2)C1c1ccccc1. The van der Waals surface area contributed by atoms with Crippen molar-refractivity contribution in [3.63, 3.8) is 0 Å². The molecule has 0 saturated carbocycles. The Bertz CT molecular complexity index is 866. The van der Waals surface area contributed by atoms with Crippen LogP contribution in [0.15, 0.2) is 59.4 Å². The predicted molar refractivity (Wildman–Crippen MR) is 88.2 cm³/mol. The van der Waals surface area contributed by atoms with E-state index in [2.05, 4.69) is 15.1 Å². The molecule has 7 nitrogen and oxygen atoms in total. The first-order chi connectivity index (χ1) is 12.2. The number of benzene rings is 1. The molecule has 4 rings (SSSR count). The van der Waals surface area contributed by atoms with Gasteiger partial charge >= 0.3 is 0 Å². The fraction of sp³-hybridized carbons (Fsp3) is 0.222. The van der Waals surface area contributed by atoms with Crippen LogP contribution in [0.3, 0.4) is 0 Å². The van der Waals surface area contributed by atoms with Gasteiger partial charge in [-0.25, -0.2) is 0 Å². The van der Waals surface area contributed by atoms with Crippen molar-refractivity contribution in [3.05, 3.63) is 66.3 Å². The number of likely N-dealkylation sites (N-methyl/N-ethyl adjacent to an activating group) is 1. The number of hydrogen-bond donors (Lipinski definition) is 0. The number of carbonyl (C=O) groups is 1. The Hall–Kier alpha value is -3.06. The van der Waals surface area contributed by atoms with Gasteiger partial charge in [0.15, 0.2) is 6.10 Å². The minimum absolute atomic E-state index is 0.0164. The zero-order valence-corrected chi connectivity index (χ0v) is 13.6. The minimum atomic E-state index is -0.520. The van der Waals surface area contributed by atoms with Crippen LogP contribution in [0.5, 0.6) is 0 Å². The predicted octanol–water partition coefficient (Wildman–Crippen LogP) is 2.40. The van der Waals surface area contributed by atoms with E-state index in [1.807, 2.05) is 30.3 Å². The zero-order chi connectivity index (χ0) is 17.2. The van der Waals surface area contributed by atoms with Crippen LogP contribution in [0.1, 0.15) is 23.6 Å². The first-order valence-electron chi connectivity index (χ1n) is 7.90. The normalized spacial score (nSPS) is 20.7. The van der Waals surface area contributed by atoms with Crippen molar-refractivity contribution in [3.8, 4) is 11.4 Å². The van der Waals surface area contributed by atoms with E-state index < -0.39 is 6.10 Å². The van der Waals surface area contributed by atoms with Crippen LogP contribution in [0.2, 0.25) is 0 Å². The van der Waals surface area contributed by atoms with Crippen LogP contribution in [0.25, 0.3) is 11.4 Å². The maximum Gasteiger partial charge on any atom is 0.258 e. The first kappa shape index (κ1) is 15.5. The van der Waals surface area contributed by atoms with E-state index >= 15 is 0 Å². The van der Waals surface area contributed by atoms with Crippen molar-refractivity contribution >= 4 is 5.91 Å². The summed E-state index contributed by atoms with van der Waals surface area (Å²) in [5, 5.41) is 4.04. The Labute approximate surface area is 144 Å². The van der Waals surface area contributed by atoms with Crippen molar-refractivity contribution in [2.24, 2.45) is 0 Å². The van der Waals surface area contributed by atoms with Gasteiger partial charge in [-0.2, -0.15) is 4.98 Å². The average molecular weight is 336 g/mol. The summed E-state index contributed by atoms with van der Waals surface area (Å²) in [4.78, 5) is 22.2. The smallest absolute Gasteiger partial charge is 0.258 e. The van der Waals surface area contributed by atoms with Crippen LogP contribution >= 0.6 is 0 Å². The molecule has 0 radical (unpaired) electrons. The maximum absolute atomic E-state index is 12.1. The molecule has 1 aliphatic heterocycles. The van der Waals surface area contributed by atoms with E-state index in [1.165, 1.54) is 0 Å². The number of ether oxygens (including phenoxy) is 1. The van der Waals surface area contributed by atoms with E-state index in [-0.39, 0.29) is 18.6 Å². The lowest BCUT2D eigenvalue weighted by Gasteiger charge is -2.37. The molecule has 0 bridgehead atoms. The number of carbonyl (C=O) groups excluding carboxylic acids is 1. The lowest BCUT2D eigenvalue weighted by molar-refractivity contribution is -0.157. The quantitative estimate of drug-likeness (QED) is 0.730. The van der Waals surface area contributed by atoms with E-state index in [0.29, 0.717) is 11.7 Å². The number of nitrogens with zero attached hydrogens (tertiary/aromatic N) is 4. The Morgan fingerprint density at radius 1 is 1.12 bits per heavy atom. The van der Waals surface area contributed by atoms with Crippen LogP contribution in [0.4, 0.5) is 0 Å². The fourth-order valence-corrected chi connectivity index (χ4v) is 2.94. The molecule has 3 heterocycles. The lowest BCUT2D eigenvalue weighted by Crippen LogP contribution is -2.43. The molecule has 2 atom stereocenters. The van der Waals surface area contributed by atoms with Crippen molar-refractivity contribution in [1.29, 1.82) is 0 Å². The van der Waals surface area contributed by atoms with Gasteiger partial charge in [-0.3, -0.25) is 9.78 Å². The summed E-state index contributed by atoms with van der Waals surface area (Å²) in [6, 6.07) is 13.0. The Morgan fingerprint density at radius 2 is 1.88 bits per heavy atom. The number of rotatable bonds is 3. The topological polar surface area (TPSA) is 81.4 Å². The second kappa shape index (κ2) is 6.45. The minimum Gasteiger partial charge on any atom is -0.356 e. The molecule has 0 aliphatic carbocycles. The standard InChI is InChI=1S/C18H16N4O3/c1-22-14(23)11-24-16(15(22)12-5-3-2-4-6-12)18-20-17(21-25-18)13-7-9-19-10-8-13/h2-10,15-16H,11H2,1H3. The molecule has 1 fully saturated rings. The molecule has 1 amide bonds. The largest absolute Gasteiger partial charge is 0.356 e. The van der Waals surface area contributed by atoms with Gasteiger partial charge in [0.1, 0.15) is 6.61 Å². The number of pyridine rings is 1. The van der Waals surface area contributed by atoms with Gasteiger partial charge in [-0.05, 0) is 17.7 Å². The highest BCUT2D eigenvalue weighted by atomic mass is 16.5. The summed E-state index contributed by atoms with van der Waals surface area (Å²) in [6.45, 7) is -0.0164. The molecule has 1 aromatic carbocycles. The van der Waals surface area contributed by atoms with Crippen molar-refractivity contribution < 1.29 is 14.1 Å². The molecule has 0 spiro atoms. The number of hydrogen-bond acceptors (Lipinski definition) is 6. The van der Waals surface area contributed by atoms with Crippen LogP contribution < -0.4 is 0 Å². The van der Waals surface area contributed by atoms with Crippen LogP contribution in [-0.4, -0.2) is 39.6 Å². The summed E-state index contributed by atoms with van der Waals surface area (Å²) in [5.41, 5.74) is 1.76. The third-order valence-corrected chi connectivity index (χ3v) is 4.25. The van der Waals surface area contributed by atoms with Gasteiger partial charge in [-0.1, -0.05) is 35.5 Å². The Balaban J connectivity index is 1.70. The van der Waals surface area contributed by atoms with Crippen LogP contribution in [-0.2, 0) is 9.53 Å². The fourth-order valence-electron chi connectivity index (χ4n) is 2.94. The molecule has 2 unspecified atom stereocenters. The van der Waals surface area contributed by atoms with Gasteiger partial charge in [-0.15, -0.1) is 0 Å². The zero-order valence-electron chi connectivity index (χ0n) is 13.6. The molecular weight excluding hydrogens is 320 g/mol. The molecule has 126 valence electrons. The van der Waals surface area contributed by atoms with E-state index in [0.717, 1.165) is 11.1 Å². The Morgan fingerprint density at radius 3 is 2.64 bits per heavy atom. The van der Waals surface area contributed by atoms with E-state index in [9.17, 15) is 4.79 Å². The lowest BCUT2D eigenvalue weighted by atomic mass is 9.98. The van der Waals surface area contributed by atoms with Crippen molar-refractivity contribution in [2.45, 2.75) is 12.1 Å². The van der Waals surface area contributed by atoms with Crippen molar-refractivity contribution in [1.82, 2.24) is 20.0 Å². The summed E-state index contributed by atoms with van der Waals surface area (Å²) in [6.07, 6.45) is 2.82. The monoisotopic (exact) mass is 336 g/mol. The molecule has 7 heteroatoms. The van der Waals surface area contributed by atoms with Gasteiger partial charge in [0.2, 0.25) is 11.7 Å². The van der Waals surface area contributed by atoms with Gasteiger partial charge in [0.25, 0.3) is 5.89 Å². The molecular formula is C18H16N4O3. The third-order valence-electron chi connectivity index (χ3n) is 4.25. The highest BCUT2D eigenvalue weighted by molar-refractivity contribution is 5.78. The van der Waals surface area contributed by atoms with Gasteiger partial charge < -0.3 is 14.2 Å². The molecule has 2 aromatic heterocycles. The second-order valence-electron chi connectivity index (χ2n) is 5.78. The van der Waals surface area contributed by atoms with Crippen molar-refractivity contribution in [2.75, 3.05) is 13.7 Å². The molecule has 3 aromatic rings. The van der Waals surface area contributed by atoms with Gasteiger partial charge in [0.05, 0.1) is 6.04 Å². The number of morpholine rings is 1. The summed E-state index contributed by atoms with van der Waals surface area (Å²) in [5.74, 6) is 0.728. The van der Waals surface area contributed by atoms with E-state index in [1.54, 1.807) is 36.5 Å². The number of amides is 1. The molecule has 25 heavy (non-hydrogen) atoms. The Kier molecular flexibility index (Phi) is 3.99.